The highest BCUT2D eigenvalue weighted by Crippen LogP contribution is 2.30. The number of anilines is 1. The topological polar surface area (TPSA) is 63.4 Å². The molecule has 112 valence electrons. The molecular weight excluding hydrogens is 272 g/mol. The largest absolute Gasteiger partial charge is 0.399 e. The monoisotopic (exact) mass is 296 g/mol. The number of sulfonamides is 1. The molecule has 1 saturated carbocycles. The van der Waals surface area contributed by atoms with Gasteiger partial charge in [-0.2, -0.15) is 4.31 Å². The Labute approximate surface area is 122 Å². The molecule has 1 aliphatic carbocycles. The first-order valence-corrected chi connectivity index (χ1v) is 8.85. The fraction of sp³-hybridized carbons (Fsp3) is 0.600. The highest BCUT2D eigenvalue weighted by atomic mass is 32.2. The molecule has 1 aromatic rings. The zero-order chi connectivity index (χ0) is 14.8. The second-order valence-electron chi connectivity index (χ2n) is 5.37. The van der Waals surface area contributed by atoms with Crippen molar-refractivity contribution in [1.82, 2.24) is 4.31 Å². The van der Waals surface area contributed by atoms with Crippen LogP contribution in [0.15, 0.2) is 23.1 Å². The quantitative estimate of drug-likeness (QED) is 0.850. The molecule has 0 atom stereocenters. The molecule has 2 N–H and O–H groups in total. The molecule has 0 amide bonds. The van der Waals surface area contributed by atoms with Crippen LogP contribution in [0.3, 0.4) is 0 Å². The van der Waals surface area contributed by atoms with Gasteiger partial charge in [0.1, 0.15) is 0 Å². The lowest BCUT2D eigenvalue weighted by Crippen LogP contribution is -2.39. The standard InChI is InChI=1S/C15H24N2O2S/c1-3-12-9-10-13(16)11-15(12)20(18,19)17(4-2)14-7-5-6-8-14/h9-11,14H,3-8,16H2,1-2H3. The fourth-order valence-corrected chi connectivity index (χ4v) is 5.07. The summed E-state index contributed by atoms with van der Waals surface area (Å²) in [6.45, 7) is 4.40. The molecule has 0 spiro atoms. The van der Waals surface area contributed by atoms with Crippen LogP contribution in [0.2, 0.25) is 0 Å². The van der Waals surface area contributed by atoms with Crippen molar-refractivity contribution in [3.63, 3.8) is 0 Å². The summed E-state index contributed by atoms with van der Waals surface area (Å²) in [5, 5.41) is 0. The van der Waals surface area contributed by atoms with E-state index in [1.165, 1.54) is 0 Å². The number of rotatable bonds is 5. The molecule has 0 unspecified atom stereocenters. The first kappa shape index (κ1) is 15.3. The van der Waals surface area contributed by atoms with Gasteiger partial charge < -0.3 is 5.73 Å². The predicted octanol–water partition coefficient (Wildman–Crippen LogP) is 2.78. The van der Waals surface area contributed by atoms with E-state index < -0.39 is 10.0 Å². The average molecular weight is 296 g/mol. The maximum absolute atomic E-state index is 13.0. The van der Waals surface area contributed by atoms with E-state index in [9.17, 15) is 8.42 Å². The van der Waals surface area contributed by atoms with Gasteiger partial charge in [-0.25, -0.2) is 8.42 Å². The minimum atomic E-state index is -3.45. The van der Waals surface area contributed by atoms with E-state index in [0.717, 1.165) is 31.2 Å². The summed E-state index contributed by atoms with van der Waals surface area (Å²) in [5.74, 6) is 0. The zero-order valence-electron chi connectivity index (χ0n) is 12.3. The Morgan fingerprint density at radius 2 is 1.90 bits per heavy atom. The Balaban J connectivity index is 2.44. The van der Waals surface area contributed by atoms with Crippen LogP contribution in [0.5, 0.6) is 0 Å². The Morgan fingerprint density at radius 1 is 1.25 bits per heavy atom. The van der Waals surface area contributed by atoms with Crippen molar-refractivity contribution in [2.24, 2.45) is 0 Å². The van der Waals surface area contributed by atoms with Crippen molar-refractivity contribution >= 4 is 15.7 Å². The lowest BCUT2D eigenvalue weighted by Gasteiger charge is -2.27. The molecule has 1 aliphatic rings. The summed E-state index contributed by atoms with van der Waals surface area (Å²) in [7, 11) is -3.45. The third kappa shape index (κ3) is 2.83. The number of hydrogen-bond acceptors (Lipinski definition) is 3. The highest BCUT2D eigenvalue weighted by molar-refractivity contribution is 7.89. The van der Waals surface area contributed by atoms with Crippen LogP contribution in [0, 0.1) is 0 Å². The number of nitrogens with two attached hydrogens (primary N) is 1. The molecule has 0 radical (unpaired) electrons. The Morgan fingerprint density at radius 3 is 2.45 bits per heavy atom. The Hall–Kier alpha value is -1.07. The highest BCUT2D eigenvalue weighted by Gasteiger charge is 2.33. The van der Waals surface area contributed by atoms with Gasteiger partial charge >= 0.3 is 0 Å². The number of aryl methyl sites for hydroxylation is 1. The lowest BCUT2D eigenvalue weighted by molar-refractivity contribution is 0.335. The van der Waals surface area contributed by atoms with E-state index >= 15 is 0 Å². The summed E-state index contributed by atoms with van der Waals surface area (Å²) in [4.78, 5) is 0.383. The molecule has 20 heavy (non-hydrogen) atoms. The third-order valence-electron chi connectivity index (χ3n) is 4.10. The fourth-order valence-electron chi connectivity index (χ4n) is 3.05. The second-order valence-corrected chi connectivity index (χ2v) is 7.23. The first-order valence-electron chi connectivity index (χ1n) is 7.41. The Kier molecular flexibility index (Phi) is 4.70. The van der Waals surface area contributed by atoms with Gasteiger partial charge in [0, 0.05) is 18.3 Å². The normalized spacial score (nSPS) is 16.9. The molecule has 4 nitrogen and oxygen atoms in total. The minimum absolute atomic E-state index is 0.149. The van der Waals surface area contributed by atoms with Crippen LogP contribution in [0.4, 0.5) is 5.69 Å². The van der Waals surface area contributed by atoms with Gasteiger partial charge in [0.25, 0.3) is 0 Å². The Bertz CT molecular complexity index is 563. The molecule has 1 fully saturated rings. The van der Waals surface area contributed by atoms with Gasteiger partial charge in [-0.3, -0.25) is 0 Å². The van der Waals surface area contributed by atoms with Gasteiger partial charge in [0.15, 0.2) is 0 Å². The van der Waals surface area contributed by atoms with Crippen LogP contribution in [0.1, 0.15) is 45.1 Å². The van der Waals surface area contributed by atoms with Crippen molar-refractivity contribution < 1.29 is 8.42 Å². The maximum atomic E-state index is 13.0. The zero-order valence-corrected chi connectivity index (χ0v) is 13.1. The van der Waals surface area contributed by atoms with Crippen LogP contribution in [-0.2, 0) is 16.4 Å². The van der Waals surface area contributed by atoms with Crippen molar-refractivity contribution in [3.05, 3.63) is 23.8 Å². The first-order chi connectivity index (χ1) is 9.50. The molecule has 0 heterocycles. The van der Waals surface area contributed by atoms with E-state index in [-0.39, 0.29) is 6.04 Å². The molecule has 0 aliphatic heterocycles. The van der Waals surface area contributed by atoms with E-state index in [0.29, 0.717) is 23.5 Å². The molecular formula is C15H24N2O2S. The van der Waals surface area contributed by atoms with E-state index in [2.05, 4.69) is 0 Å². The number of nitrogens with zero attached hydrogens (tertiary/aromatic N) is 1. The second kappa shape index (κ2) is 6.14. The van der Waals surface area contributed by atoms with E-state index in [4.69, 9.17) is 5.73 Å². The SMILES string of the molecule is CCc1ccc(N)cc1S(=O)(=O)N(CC)C1CCCC1. The summed E-state index contributed by atoms with van der Waals surface area (Å²) < 4.78 is 27.6. The van der Waals surface area contributed by atoms with Gasteiger partial charge in [0.05, 0.1) is 4.90 Å². The van der Waals surface area contributed by atoms with Crippen LogP contribution < -0.4 is 5.73 Å². The summed E-state index contributed by atoms with van der Waals surface area (Å²) in [6.07, 6.45) is 4.87. The van der Waals surface area contributed by atoms with Crippen LogP contribution in [-0.4, -0.2) is 25.3 Å². The van der Waals surface area contributed by atoms with Gasteiger partial charge in [-0.1, -0.05) is 32.8 Å². The number of nitrogen functional groups attached to an aromatic ring is 1. The van der Waals surface area contributed by atoms with Crippen LogP contribution >= 0.6 is 0 Å². The molecule has 0 aromatic heterocycles. The summed E-state index contributed by atoms with van der Waals surface area (Å²) in [5.41, 5.74) is 7.14. The van der Waals surface area contributed by atoms with Crippen molar-refractivity contribution in [2.45, 2.75) is 56.9 Å². The molecule has 5 heteroatoms. The van der Waals surface area contributed by atoms with Gasteiger partial charge in [0.2, 0.25) is 10.0 Å². The molecule has 0 bridgehead atoms. The maximum Gasteiger partial charge on any atom is 0.243 e. The summed E-state index contributed by atoms with van der Waals surface area (Å²) in [6, 6.07) is 5.34. The van der Waals surface area contributed by atoms with Crippen molar-refractivity contribution in [1.29, 1.82) is 0 Å². The summed E-state index contributed by atoms with van der Waals surface area (Å²) >= 11 is 0. The number of benzene rings is 1. The smallest absolute Gasteiger partial charge is 0.243 e. The van der Waals surface area contributed by atoms with Crippen molar-refractivity contribution in [3.8, 4) is 0 Å². The van der Waals surface area contributed by atoms with Crippen LogP contribution in [0.25, 0.3) is 0 Å². The van der Waals surface area contributed by atoms with Crippen molar-refractivity contribution in [2.75, 3.05) is 12.3 Å². The average Bonchev–Trinajstić information content (AvgIpc) is 2.93. The number of hydrogen-bond donors (Lipinski definition) is 1. The molecule has 2 rings (SSSR count). The van der Waals surface area contributed by atoms with E-state index in [1.54, 1.807) is 16.4 Å². The predicted molar refractivity (Wildman–Crippen MR) is 82.1 cm³/mol. The van der Waals surface area contributed by atoms with Gasteiger partial charge in [-0.15, -0.1) is 0 Å². The molecule has 0 saturated heterocycles. The minimum Gasteiger partial charge on any atom is -0.399 e. The molecule has 1 aromatic carbocycles. The third-order valence-corrected chi connectivity index (χ3v) is 6.21. The lowest BCUT2D eigenvalue weighted by atomic mass is 10.1. The van der Waals surface area contributed by atoms with Gasteiger partial charge in [-0.05, 0) is 37.0 Å². The van der Waals surface area contributed by atoms with E-state index in [1.807, 2.05) is 19.9 Å².